The molecule has 1 saturated carbocycles. The molecule has 2 aliphatic rings. The largest absolute Gasteiger partial charge is 0.298 e. The molecule has 3 unspecified atom stereocenters. The molecule has 0 radical (unpaired) electrons. The highest BCUT2D eigenvalue weighted by atomic mass is 32.2. The summed E-state index contributed by atoms with van der Waals surface area (Å²) >= 11 is 0. The van der Waals surface area contributed by atoms with Gasteiger partial charge in [0, 0.05) is 12.6 Å². The summed E-state index contributed by atoms with van der Waals surface area (Å²) in [5.41, 5.74) is 0. The zero-order valence-corrected chi connectivity index (χ0v) is 12.5. The first-order chi connectivity index (χ1) is 9.05. The summed E-state index contributed by atoms with van der Waals surface area (Å²) < 4.78 is 23.4. The number of rotatable bonds is 2. The summed E-state index contributed by atoms with van der Waals surface area (Å²) in [7, 11) is -2.86. The van der Waals surface area contributed by atoms with Crippen LogP contribution in [-0.4, -0.2) is 44.0 Å². The fraction of sp³-hybridized carbons (Fsp3) is 0.929. The molecule has 1 saturated heterocycles. The molecule has 0 aromatic rings. The zero-order valence-electron chi connectivity index (χ0n) is 11.7. The van der Waals surface area contributed by atoms with Crippen LogP contribution in [0.1, 0.15) is 39.0 Å². The molecule has 1 aliphatic carbocycles. The molecule has 0 aromatic carbocycles. The molecular weight excluding hydrogens is 260 g/mol. The predicted molar refractivity (Wildman–Crippen MR) is 75.4 cm³/mol. The van der Waals surface area contributed by atoms with E-state index in [9.17, 15) is 13.7 Å². The molecule has 108 valence electrons. The molecule has 0 amide bonds. The van der Waals surface area contributed by atoms with Crippen LogP contribution in [0, 0.1) is 23.2 Å². The summed E-state index contributed by atoms with van der Waals surface area (Å²) in [6.07, 6.45) is 5.07. The first-order valence-electron chi connectivity index (χ1n) is 7.40. The zero-order chi connectivity index (χ0) is 13.9. The summed E-state index contributed by atoms with van der Waals surface area (Å²) in [6.45, 7) is 3.65. The van der Waals surface area contributed by atoms with Crippen LogP contribution in [0.25, 0.3) is 0 Å². The van der Waals surface area contributed by atoms with Crippen molar-refractivity contribution in [3.05, 3.63) is 0 Å². The van der Waals surface area contributed by atoms with Crippen molar-refractivity contribution in [2.75, 3.05) is 24.6 Å². The summed E-state index contributed by atoms with van der Waals surface area (Å²) in [5, 5.41) is 9.33. The monoisotopic (exact) mass is 284 g/mol. The third-order valence-electron chi connectivity index (χ3n) is 4.73. The lowest BCUT2D eigenvalue weighted by Gasteiger charge is -2.39. The summed E-state index contributed by atoms with van der Waals surface area (Å²) in [4.78, 5) is 2.28. The van der Waals surface area contributed by atoms with E-state index in [4.69, 9.17) is 0 Å². The number of nitrogens with zero attached hydrogens (tertiary/aromatic N) is 2. The lowest BCUT2D eigenvalue weighted by atomic mass is 9.77. The van der Waals surface area contributed by atoms with Gasteiger partial charge in [0.1, 0.15) is 0 Å². The van der Waals surface area contributed by atoms with Crippen LogP contribution in [0.4, 0.5) is 0 Å². The highest BCUT2D eigenvalue weighted by molar-refractivity contribution is 7.91. The van der Waals surface area contributed by atoms with Crippen LogP contribution in [0.15, 0.2) is 0 Å². The van der Waals surface area contributed by atoms with Gasteiger partial charge in [-0.3, -0.25) is 4.90 Å². The Morgan fingerprint density at radius 3 is 2.74 bits per heavy atom. The van der Waals surface area contributed by atoms with Gasteiger partial charge in [-0.05, 0) is 38.1 Å². The molecule has 3 atom stereocenters. The Labute approximate surface area is 116 Å². The normalized spacial score (nSPS) is 36.3. The fourth-order valence-corrected chi connectivity index (χ4v) is 4.73. The van der Waals surface area contributed by atoms with Crippen molar-refractivity contribution in [3.63, 3.8) is 0 Å². The molecule has 5 heteroatoms. The van der Waals surface area contributed by atoms with Crippen molar-refractivity contribution in [1.29, 1.82) is 5.26 Å². The summed E-state index contributed by atoms with van der Waals surface area (Å²) in [6, 6.07) is 2.72. The molecule has 4 nitrogen and oxygen atoms in total. The minimum Gasteiger partial charge on any atom is -0.298 e. The standard InChI is InChI=1S/C14H24N2O2S/c1-2-12-4-5-13(11-15)14(10-12)16-6-3-8-19(17,18)9-7-16/h12-14H,2-10H2,1H3. The van der Waals surface area contributed by atoms with Crippen molar-refractivity contribution >= 4 is 9.84 Å². The van der Waals surface area contributed by atoms with Gasteiger partial charge >= 0.3 is 0 Å². The average molecular weight is 284 g/mol. The van der Waals surface area contributed by atoms with Gasteiger partial charge in [0.2, 0.25) is 0 Å². The van der Waals surface area contributed by atoms with Gasteiger partial charge in [0.15, 0.2) is 9.84 Å². The second kappa shape index (κ2) is 6.23. The Balaban J connectivity index is 2.07. The molecule has 0 aromatic heterocycles. The first-order valence-corrected chi connectivity index (χ1v) is 9.22. The van der Waals surface area contributed by atoms with Crippen LogP contribution in [0.5, 0.6) is 0 Å². The van der Waals surface area contributed by atoms with Crippen LogP contribution in [0.2, 0.25) is 0 Å². The average Bonchev–Trinajstić information content (AvgIpc) is 2.59. The Morgan fingerprint density at radius 1 is 1.26 bits per heavy atom. The molecular formula is C14H24N2O2S. The highest BCUT2D eigenvalue weighted by Crippen LogP contribution is 2.34. The van der Waals surface area contributed by atoms with Gasteiger partial charge < -0.3 is 0 Å². The first kappa shape index (κ1) is 14.8. The van der Waals surface area contributed by atoms with Crippen LogP contribution >= 0.6 is 0 Å². The SMILES string of the molecule is CCC1CCC(C#N)C(N2CCCS(=O)(=O)CC2)C1. The lowest BCUT2D eigenvalue weighted by Crippen LogP contribution is -2.45. The quantitative estimate of drug-likeness (QED) is 0.776. The maximum Gasteiger partial charge on any atom is 0.151 e. The predicted octanol–water partition coefficient (Wildman–Crippen LogP) is 1.83. The topological polar surface area (TPSA) is 61.2 Å². The smallest absolute Gasteiger partial charge is 0.151 e. The van der Waals surface area contributed by atoms with Crippen molar-refractivity contribution in [2.24, 2.45) is 11.8 Å². The van der Waals surface area contributed by atoms with E-state index < -0.39 is 9.84 Å². The van der Waals surface area contributed by atoms with Gasteiger partial charge in [-0.2, -0.15) is 5.26 Å². The van der Waals surface area contributed by atoms with Crippen LogP contribution in [0.3, 0.4) is 0 Å². The molecule has 0 bridgehead atoms. The van der Waals surface area contributed by atoms with Crippen molar-refractivity contribution in [2.45, 2.75) is 45.1 Å². The second-order valence-corrected chi connectivity index (χ2v) is 8.24. The molecule has 1 heterocycles. The molecule has 0 spiro atoms. The summed E-state index contributed by atoms with van der Waals surface area (Å²) in [5.74, 6) is 1.36. The maximum atomic E-state index is 11.7. The lowest BCUT2D eigenvalue weighted by molar-refractivity contribution is 0.107. The van der Waals surface area contributed by atoms with Crippen LogP contribution < -0.4 is 0 Å². The highest BCUT2D eigenvalue weighted by Gasteiger charge is 2.35. The number of hydrogen-bond donors (Lipinski definition) is 0. The van der Waals surface area contributed by atoms with E-state index in [1.165, 1.54) is 6.42 Å². The third kappa shape index (κ3) is 3.70. The second-order valence-electron chi connectivity index (χ2n) is 5.93. The van der Waals surface area contributed by atoms with E-state index >= 15 is 0 Å². The Kier molecular flexibility index (Phi) is 4.86. The molecule has 19 heavy (non-hydrogen) atoms. The van der Waals surface area contributed by atoms with Crippen LogP contribution in [-0.2, 0) is 9.84 Å². The van der Waals surface area contributed by atoms with Crippen molar-refractivity contribution < 1.29 is 8.42 Å². The van der Waals surface area contributed by atoms with E-state index in [2.05, 4.69) is 17.9 Å². The minimum absolute atomic E-state index is 0.0867. The number of hydrogen-bond acceptors (Lipinski definition) is 4. The van der Waals surface area contributed by atoms with E-state index in [1.807, 2.05) is 0 Å². The molecule has 2 rings (SSSR count). The molecule has 1 aliphatic heterocycles. The van der Waals surface area contributed by atoms with E-state index in [0.29, 0.717) is 24.6 Å². The minimum atomic E-state index is -2.86. The maximum absolute atomic E-state index is 11.7. The number of nitriles is 1. The van der Waals surface area contributed by atoms with E-state index in [-0.39, 0.29) is 17.7 Å². The molecule has 0 N–H and O–H groups in total. The third-order valence-corrected chi connectivity index (χ3v) is 6.44. The van der Waals surface area contributed by atoms with E-state index in [0.717, 1.165) is 25.8 Å². The fourth-order valence-electron chi connectivity index (χ4n) is 3.45. The Morgan fingerprint density at radius 2 is 2.05 bits per heavy atom. The molecule has 2 fully saturated rings. The van der Waals surface area contributed by atoms with Crippen molar-refractivity contribution in [3.8, 4) is 6.07 Å². The Bertz CT molecular complexity index is 441. The van der Waals surface area contributed by atoms with Gasteiger partial charge in [-0.25, -0.2) is 8.42 Å². The Hall–Kier alpha value is -0.600. The van der Waals surface area contributed by atoms with Gasteiger partial charge in [0.05, 0.1) is 23.5 Å². The van der Waals surface area contributed by atoms with E-state index in [1.54, 1.807) is 0 Å². The number of sulfone groups is 1. The van der Waals surface area contributed by atoms with Gasteiger partial charge in [-0.15, -0.1) is 0 Å². The van der Waals surface area contributed by atoms with Gasteiger partial charge in [0.25, 0.3) is 0 Å². The van der Waals surface area contributed by atoms with Gasteiger partial charge in [-0.1, -0.05) is 13.3 Å². The van der Waals surface area contributed by atoms with Crippen molar-refractivity contribution in [1.82, 2.24) is 4.90 Å².